The van der Waals surface area contributed by atoms with Crippen molar-refractivity contribution in [1.29, 1.82) is 0 Å². The SMILES string of the molecule is CC(C)(C)C(=O)NCc1nc(-c2ccc(N3CCCCC3)nc2)no1. The van der Waals surface area contributed by atoms with Crippen molar-refractivity contribution in [3.63, 3.8) is 0 Å². The van der Waals surface area contributed by atoms with Crippen LogP contribution in [0.3, 0.4) is 0 Å². The first-order valence-electron chi connectivity index (χ1n) is 8.76. The molecule has 0 atom stereocenters. The van der Waals surface area contributed by atoms with Crippen molar-refractivity contribution in [3.05, 3.63) is 24.2 Å². The Bertz CT molecular complexity index is 712. The number of hydrogen-bond acceptors (Lipinski definition) is 6. The second-order valence-corrected chi connectivity index (χ2v) is 7.40. The van der Waals surface area contributed by atoms with Crippen LogP contribution in [0.5, 0.6) is 0 Å². The van der Waals surface area contributed by atoms with Gasteiger partial charge < -0.3 is 14.7 Å². The second-order valence-electron chi connectivity index (χ2n) is 7.40. The van der Waals surface area contributed by atoms with Crippen LogP contribution < -0.4 is 10.2 Å². The lowest BCUT2D eigenvalue weighted by Crippen LogP contribution is -2.34. The van der Waals surface area contributed by atoms with Gasteiger partial charge in [-0.05, 0) is 31.4 Å². The Kier molecular flexibility index (Phi) is 5.01. The molecule has 0 aromatic carbocycles. The Morgan fingerprint density at radius 2 is 2.00 bits per heavy atom. The maximum Gasteiger partial charge on any atom is 0.246 e. The van der Waals surface area contributed by atoms with E-state index in [1.165, 1.54) is 19.3 Å². The van der Waals surface area contributed by atoms with Gasteiger partial charge in [0.05, 0.1) is 6.54 Å². The van der Waals surface area contributed by atoms with Gasteiger partial charge in [0.25, 0.3) is 0 Å². The summed E-state index contributed by atoms with van der Waals surface area (Å²) < 4.78 is 5.21. The van der Waals surface area contributed by atoms with Crippen LogP contribution in [-0.4, -0.2) is 34.1 Å². The van der Waals surface area contributed by atoms with Crippen LogP contribution >= 0.6 is 0 Å². The molecular weight excluding hydrogens is 318 g/mol. The number of anilines is 1. The smallest absolute Gasteiger partial charge is 0.246 e. The van der Waals surface area contributed by atoms with E-state index in [9.17, 15) is 4.79 Å². The fourth-order valence-corrected chi connectivity index (χ4v) is 2.69. The first kappa shape index (κ1) is 17.4. The predicted molar refractivity (Wildman–Crippen MR) is 94.9 cm³/mol. The standard InChI is InChI=1S/C18H25N5O2/c1-18(2,3)17(24)20-12-15-21-16(22-25-15)13-7-8-14(19-11-13)23-9-5-4-6-10-23/h7-8,11H,4-6,9-10,12H2,1-3H3,(H,20,24). The fourth-order valence-electron chi connectivity index (χ4n) is 2.69. The maximum atomic E-state index is 11.9. The number of amides is 1. The van der Waals surface area contributed by atoms with Crippen molar-refractivity contribution in [2.75, 3.05) is 18.0 Å². The number of aromatic nitrogens is 3. The van der Waals surface area contributed by atoms with Crippen LogP contribution in [-0.2, 0) is 11.3 Å². The van der Waals surface area contributed by atoms with E-state index >= 15 is 0 Å². The summed E-state index contributed by atoms with van der Waals surface area (Å²) >= 11 is 0. The molecule has 1 N–H and O–H groups in total. The summed E-state index contributed by atoms with van der Waals surface area (Å²) in [6.07, 6.45) is 5.51. The molecule has 0 radical (unpaired) electrons. The minimum Gasteiger partial charge on any atom is -0.357 e. The largest absolute Gasteiger partial charge is 0.357 e. The normalized spacial score (nSPS) is 15.2. The zero-order chi connectivity index (χ0) is 17.9. The highest BCUT2D eigenvalue weighted by Crippen LogP contribution is 2.21. The zero-order valence-corrected chi connectivity index (χ0v) is 15.1. The molecule has 0 aliphatic carbocycles. The number of carbonyl (C=O) groups is 1. The van der Waals surface area contributed by atoms with E-state index in [0.29, 0.717) is 11.7 Å². The lowest BCUT2D eigenvalue weighted by molar-refractivity contribution is -0.128. The molecule has 1 aliphatic heterocycles. The van der Waals surface area contributed by atoms with E-state index in [-0.39, 0.29) is 12.5 Å². The molecule has 2 aromatic heterocycles. The van der Waals surface area contributed by atoms with E-state index in [0.717, 1.165) is 24.5 Å². The van der Waals surface area contributed by atoms with Crippen LogP contribution in [0.2, 0.25) is 0 Å². The van der Waals surface area contributed by atoms with Crippen molar-refractivity contribution >= 4 is 11.7 Å². The molecule has 1 saturated heterocycles. The topological polar surface area (TPSA) is 84.2 Å². The molecule has 7 nitrogen and oxygen atoms in total. The van der Waals surface area contributed by atoms with Gasteiger partial charge in [-0.15, -0.1) is 0 Å². The van der Waals surface area contributed by atoms with Crippen molar-refractivity contribution in [1.82, 2.24) is 20.4 Å². The van der Waals surface area contributed by atoms with E-state index < -0.39 is 5.41 Å². The fraction of sp³-hybridized carbons (Fsp3) is 0.556. The van der Waals surface area contributed by atoms with Crippen LogP contribution in [0.4, 0.5) is 5.82 Å². The molecule has 134 valence electrons. The van der Waals surface area contributed by atoms with Crippen LogP contribution in [0.25, 0.3) is 11.4 Å². The Morgan fingerprint density at radius 1 is 1.24 bits per heavy atom. The summed E-state index contributed by atoms with van der Waals surface area (Å²) in [7, 11) is 0. The highest BCUT2D eigenvalue weighted by atomic mass is 16.5. The lowest BCUT2D eigenvalue weighted by Gasteiger charge is -2.27. The van der Waals surface area contributed by atoms with Crippen molar-refractivity contribution in [3.8, 4) is 11.4 Å². The summed E-state index contributed by atoms with van der Waals surface area (Å²) in [4.78, 5) is 23.0. The van der Waals surface area contributed by atoms with Crippen LogP contribution in [0.1, 0.15) is 45.9 Å². The number of rotatable bonds is 4. The molecule has 1 amide bonds. The molecule has 7 heteroatoms. The van der Waals surface area contributed by atoms with E-state index in [1.807, 2.05) is 32.9 Å². The third-order valence-corrected chi connectivity index (χ3v) is 4.24. The summed E-state index contributed by atoms with van der Waals surface area (Å²) in [5.41, 5.74) is 0.356. The number of nitrogens with one attached hydrogen (secondary N) is 1. The minimum atomic E-state index is -0.447. The van der Waals surface area contributed by atoms with Gasteiger partial charge in [0.15, 0.2) is 0 Å². The molecule has 0 unspecified atom stereocenters. The molecule has 25 heavy (non-hydrogen) atoms. The summed E-state index contributed by atoms with van der Waals surface area (Å²) in [6, 6.07) is 3.96. The Balaban J connectivity index is 1.63. The molecular formula is C18H25N5O2. The van der Waals surface area contributed by atoms with Gasteiger partial charge in [-0.2, -0.15) is 4.98 Å². The molecule has 0 bridgehead atoms. The number of pyridine rings is 1. The van der Waals surface area contributed by atoms with Gasteiger partial charge in [0.2, 0.25) is 17.6 Å². The third kappa shape index (κ3) is 4.35. The summed E-state index contributed by atoms with van der Waals surface area (Å²) in [5, 5.41) is 6.78. The molecule has 0 saturated carbocycles. The quantitative estimate of drug-likeness (QED) is 0.919. The molecule has 3 rings (SSSR count). The van der Waals surface area contributed by atoms with Crippen molar-refractivity contribution < 1.29 is 9.32 Å². The highest BCUT2D eigenvalue weighted by molar-refractivity contribution is 5.81. The second kappa shape index (κ2) is 7.21. The van der Waals surface area contributed by atoms with E-state index in [2.05, 4.69) is 25.3 Å². The van der Waals surface area contributed by atoms with Gasteiger partial charge in [-0.25, -0.2) is 4.98 Å². The molecule has 1 fully saturated rings. The zero-order valence-electron chi connectivity index (χ0n) is 15.1. The number of piperidine rings is 1. The molecule has 0 spiro atoms. The lowest BCUT2D eigenvalue weighted by atomic mass is 9.96. The number of nitrogens with zero attached hydrogens (tertiary/aromatic N) is 4. The Hall–Kier alpha value is -2.44. The summed E-state index contributed by atoms with van der Waals surface area (Å²) in [6.45, 7) is 7.92. The van der Waals surface area contributed by atoms with Crippen molar-refractivity contribution in [2.45, 2.75) is 46.6 Å². The average molecular weight is 343 g/mol. The van der Waals surface area contributed by atoms with Crippen LogP contribution in [0.15, 0.2) is 22.9 Å². The summed E-state index contributed by atoms with van der Waals surface area (Å²) in [5.74, 6) is 1.80. The highest BCUT2D eigenvalue weighted by Gasteiger charge is 2.21. The van der Waals surface area contributed by atoms with E-state index in [1.54, 1.807) is 6.20 Å². The molecule has 2 aromatic rings. The van der Waals surface area contributed by atoms with Gasteiger partial charge >= 0.3 is 0 Å². The maximum absolute atomic E-state index is 11.9. The van der Waals surface area contributed by atoms with Crippen molar-refractivity contribution in [2.24, 2.45) is 5.41 Å². The first-order valence-corrected chi connectivity index (χ1v) is 8.76. The molecule has 1 aliphatic rings. The van der Waals surface area contributed by atoms with Gasteiger partial charge in [0.1, 0.15) is 5.82 Å². The van der Waals surface area contributed by atoms with Gasteiger partial charge in [-0.1, -0.05) is 25.9 Å². The van der Waals surface area contributed by atoms with E-state index in [4.69, 9.17) is 4.52 Å². The third-order valence-electron chi connectivity index (χ3n) is 4.24. The Morgan fingerprint density at radius 3 is 2.64 bits per heavy atom. The first-order chi connectivity index (χ1) is 11.9. The van der Waals surface area contributed by atoms with Gasteiger partial charge in [-0.3, -0.25) is 4.79 Å². The molecule has 3 heterocycles. The van der Waals surface area contributed by atoms with Gasteiger partial charge in [0, 0.05) is 30.3 Å². The average Bonchev–Trinajstić information content (AvgIpc) is 3.09. The van der Waals surface area contributed by atoms with Crippen LogP contribution in [0, 0.1) is 5.41 Å². The number of carbonyl (C=O) groups excluding carboxylic acids is 1. The Labute approximate surface area is 147 Å². The predicted octanol–water partition coefficient (Wildman–Crippen LogP) is 2.78. The monoisotopic (exact) mass is 343 g/mol. The minimum absolute atomic E-state index is 0.0557. The number of hydrogen-bond donors (Lipinski definition) is 1.